The van der Waals surface area contributed by atoms with Crippen molar-refractivity contribution in [1.29, 1.82) is 0 Å². The van der Waals surface area contributed by atoms with Gasteiger partial charge in [0, 0.05) is 45.0 Å². The summed E-state index contributed by atoms with van der Waals surface area (Å²) in [5.41, 5.74) is -0.826. The van der Waals surface area contributed by atoms with Gasteiger partial charge in [-0.2, -0.15) is 18.3 Å². The second-order valence-electron chi connectivity index (χ2n) is 6.75. The van der Waals surface area contributed by atoms with Crippen LogP contribution in [0.2, 0.25) is 0 Å². The molecule has 28 heavy (non-hydrogen) atoms. The van der Waals surface area contributed by atoms with Gasteiger partial charge in [-0.25, -0.2) is 4.99 Å². The lowest BCUT2D eigenvalue weighted by molar-refractivity contribution is -0.142. The predicted octanol–water partition coefficient (Wildman–Crippen LogP) is 2.40. The van der Waals surface area contributed by atoms with Crippen LogP contribution in [0.4, 0.5) is 13.2 Å². The molecule has 1 N–H and O–H groups in total. The molecule has 2 saturated heterocycles. The van der Waals surface area contributed by atoms with Crippen LogP contribution in [0.1, 0.15) is 31.0 Å². The lowest BCUT2D eigenvalue weighted by Crippen LogP contribution is -2.53. The van der Waals surface area contributed by atoms with Gasteiger partial charge in [0.25, 0.3) is 0 Å². The van der Waals surface area contributed by atoms with Gasteiger partial charge in [0.1, 0.15) is 6.10 Å². The van der Waals surface area contributed by atoms with Crippen molar-refractivity contribution < 1.29 is 22.6 Å². The topological polar surface area (TPSA) is 63.9 Å². The zero-order valence-electron chi connectivity index (χ0n) is 16.0. The highest BCUT2D eigenvalue weighted by molar-refractivity contribution is 14.0. The van der Waals surface area contributed by atoms with E-state index in [0.29, 0.717) is 32.2 Å². The Morgan fingerprint density at radius 3 is 2.71 bits per heavy atom. The highest BCUT2D eigenvalue weighted by Crippen LogP contribution is 2.31. The average molecular weight is 517 g/mol. The summed E-state index contributed by atoms with van der Waals surface area (Å²) in [5.74, 6) is 0.584. The number of halogens is 4. The van der Waals surface area contributed by atoms with Crippen LogP contribution in [0, 0.1) is 0 Å². The Morgan fingerprint density at radius 2 is 2.07 bits per heavy atom. The molecule has 160 valence electrons. The van der Waals surface area contributed by atoms with Gasteiger partial charge >= 0.3 is 6.18 Å². The first-order valence-electron chi connectivity index (χ1n) is 9.24. The maximum absolute atomic E-state index is 13.1. The first kappa shape index (κ1) is 23.2. The van der Waals surface area contributed by atoms with Crippen molar-refractivity contribution in [2.75, 3.05) is 32.8 Å². The van der Waals surface area contributed by atoms with E-state index >= 15 is 0 Å². The molecule has 0 radical (unpaired) electrons. The van der Waals surface area contributed by atoms with E-state index in [4.69, 9.17) is 9.47 Å². The highest BCUT2D eigenvalue weighted by Gasteiger charge is 2.37. The summed E-state index contributed by atoms with van der Waals surface area (Å²) < 4.78 is 52.1. The minimum atomic E-state index is -4.49. The molecule has 11 heteroatoms. The summed E-state index contributed by atoms with van der Waals surface area (Å²) in [5, 5.41) is 6.70. The van der Waals surface area contributed by atoms with Crippen molar-refractivity contribution >= 4 is 29.9 Å². The summed E-state index contributed by atoms with van der Waals surface area (Å²) in [4.78, 5) is 6.47. The lowest BCUT2D eigenvalue weighted by atomic mass is 10.1. The zero-order chi connectivity index (χ0) is 19.4. The Labute approximate surface area is 179 Å². The summed E-state index contributed by atoms with van der Waals surface area (Å²) in [6.07, 6.45) is -1.10. The van der Waals surface area contributed by atoms with Crippen LogP contribution < -0.4 is 5.32 Å². The van der Waals surface area contributed by atoms with Crippen LogP contribution in [0.5, 0.6) is 0 Å². The Kier molecular flexibility index (Phi) is 8.37. The van der Waals surface area contributed by atoms with Crippen LogP contribution in [0.25, 0.3) is 0 Å². The first-order valence-corrected chi connectivity index (χ1v) is 9.24. The molecule has 0 bridgehead atoms. The number of aryl methyl sites for hydroxylation is 1. The molecule has 3 heterocycles. The predicted molar refractivity (Wildman–Crippen MR) is 109 cm³/mol. The Hall–Kier alpha value is -1.08. The smallest absolute Gasteiger partial charge is 0.375 e. The second kappa shape index (κ2) is 10.1. The molecule has 2 unspecified atom stereocenters. The van der Waals surface area contributed by atoms with Crippen molar-refractivity contribution in [2.45, 2.75) is 44.7 Å². The molecule has 0 saturated carbocycles. The summed E-state index contributed by atoms with van der Waals surface area (Å²) in [6.45, 7) is 4.99. The van der Waals surface area contributed by atoms with Gasteiger partial charge in [-0.1, -0.05) is 0 Å². The van der Waals surface area contributed by atoms with Gasteiger partial charge < -0.3 is 19.7 Å². The molecular weight excluding hydrogens is 490 g/mol. The van der Waals surface area contributed by atoms with Crippen molar-refractivity contribution in [3.8, 4) is 0 Å². The lowest BCUT2D eigenvalue weighted by Gasteiger charge is -2.37. The minimum Gasteiger partial charge on any atom is -0.375 e. The fourth-order valence-electron chi connectivity index (χ4n) is 3.47. The van der Waals surface area contributed by atoms with Crippen molar-refractivity contribution in [3.05, 3.63) is 17.5 Å². The van der Waals surface area contributed by atoms with E-state index in [2.05, 4.69) is 15.4 Å². The zero-order valence-corrected chi connectivity index (χ0v) is 18.4. The van der Waals surface area contributed by atoms with Crippen LogP contribution in [-0.4, -0.2) is 65.7 Å². The number of nitrogens with zero attached hydrogens (tertiary/aromatic N) is 4. The molecule has 0 amide bonds. The maximum atomic E-state index is 13.1. The van der Waals surface area contributed by atoms with E-state index in [0.717, 1.165) is 19.4 Å². The summed E-state index contributed by atoms with van der Waals surface area (Å²) in [7, 11) is 1.47. The number of guanidine groups is 1. The monoisotopic (exact) mass is 517 g/mol. The number of nitrogens with one attached hydrogen (secondary N) is 1. The minimum absolute atomic E-state index is 0. The fraction of sp³-hybridized carbons (Fsp3) is 0.765. The van der Waals surface area contributed by atoms with Crippen molar-refractivity contribution in [2.24, 2.45) is 12.0 Å². The van der Waals surface area contributed by atoms with Crippen LogP contribution in [-0.2, 0) is 29.2 Å². The molecule has 1 aromatic rings. The molecule has 2 atom stereocenters. The molecule has 2 aliphatic rings. The quantitative estimate of drug-likeness (QED) is 0.378. The third kappa shape index (κ3) is 5.72. The number of aromatic nitrogens is 2. The molecule has 2 fully saturated rings. The second-order valence-corrected chi connectivity index (χ2v) is 6.75. The number of ether oxygens (including phenoxy) is 2. The van der Waals surface area contributed by atoms with Crippen LogP contribution in [0.15, 0.2) is 11.2 Å². The third-order valence-electron chi connectivity index (χ3n) is 4.68. The largest absolute Gasteiger partial charge is 0.435 e. The number of morpholine rings is 1. The number of alkyl halides is 3. The van der Waals surface area contributed by atoms with Gasteiger partial charge in [-0.05, 0) is 19.8 Å². The van der Waals surface area contributed by atoms with Gasteiger partial charge in [-0.15, -0.1) is 24.0 Å². The van der Waals surface area contributed by atoms with Crippen LogP contribution >= 0.6 is 24.0 Å². The highest BCUT2D eigenvalue weighted by atomic mass is 127. The molecular formula is C17H27F3IN5O2. The molecule has 0 aromatic carbocycles. The Bertz CT molecular complexity index is 662. The van der Waals surface area contributed by atoms with E-state index in [1.807, 2.05) is 11.8 Å². The van der Waals surface area contributed by atoms with E-state index < -0.39 is 11.9 Å². The summed E-state index contributed by atoms with van der Waals surface area (Å²) >= 11 is 0. The first-order chi connectivity index (χ1) is 12.9. The molecule has 2 aliphatic heterocycles. The van der Waals surface area contributed by atoms with Gasteiger partial charge in [0.2, 0.25) is 0 Å². The molecule has 0 aliphatic carbocycles. The fourth-order valence-corrected chi connectivity index (χ4v) is 3.47. The number of rotatable bonds is 4. The Morgan fingerprint density at radius 1 is 1.32 bits per heavy atom. The summed E-state index contributed by atoms with van der Waals surface area (Å²) in [6, 6.07) is 0. The molecule has 3 rings (SSSR count). The average Bonchev–Trinajstić information content (AvgIpc) is 3.28. The van der Waals surface area contributed by atoms with Gasteiger partial charge in [-0.3, -0.25) is 4.68 Å². The van der Waals surface area contributed by atoms with Gasteiger partial charge in [0.05, 0.1) is 19.3 Å². The molecule has 0 spiro atoms. The van der Waals surface area contributed by atoms with Crippen LogP contribution in [0.3, 0.4) is 0 Å². The normalized spacial score (nSPS) is 23.6. The van der Waals surface area contributed by atoms with E-state index in [1.54, 1.807) is 0 Å². The molecule has 7 nitrogen and oxygen atoms in total. The van der Waals surface area contributed by atoms with E-state index in [1.165, 1.54) is 17.9 Å². The maximum Gasteiger partial charge on any atom is 0.435 e. The SMILES string of the molecule is CCNC(=NCc1cn(C)nc1C(F)(F)F)N1CCOC(C2CCCO2)C1.I. The van der Waals surface area contributed by atoms with Gasteiger partial charge in [0.15, 0.2) is 11.7 Å². The van der Waals surface area contributed by atoms with E-state index in [-0.39, 0.29) is 48.3 Å². The standard InChI is InChI=1S/C17H26F3N5O2.HI/c1-3-21-16(22-9-12-10-24(2)23-15(12)17(18,19)20)25-6-8-27-14(11-25)13-5-4-7-26-13;/h10,13-14H,3-9,11H2,1-2H3,(H,21,22);1H. The number of hydrogen-bond acceptors (Lipinski definition) is 4. The van der Waals surface area contributed by atoms with Crippen molar-refractivity contribution in [3.63, 3.8) is 0 Å². The Balaban J connectivity index is 0.00000280. The van der Waals surface area contributed by atoms with E-state index in [9.17, 15) is 13.2 Å². The third-order valence-corrected chi connectivity index (χ3v) is 4.68. The number of hydrogen-bond donors (Lipinski definition) is 1. The number of aliphatic imine (C=N–C) groups is 1. The van der Waals surface area contributed by atoms with Crippen molar-refractivity contribution in [1.82, 2.24) is 20.0 Å². The molecule has 1 aromatic heterocycles.